The Labute approximate surface area is 78.2 Å². The summed E-state index contributed by atoms with van der Waals surface area (Å²) in [5.74, 6) is 0. The predicted octanol–water partition coefficient (Wildman–Crippen LogP) is 2.68. The number of hydrogen-bond donors (Lipinski definition) is 0. The van der Waals surface area contributed by atoms with Gasteiger partial charge in [-0.15, -0.1) is 0 Å². The Kier molecular flexibility index (Phi) is 2.30. The highest BCUT2D eigenvalue weighted by atomic mass is 15.0. The fraction of sp³-hybridized carbons (Fsp3) is 0.364. The molecule has 2 rings (SSSR count). The maximum atomic E-state index is 4.13. The lowest BCUT2D eigenvalue weighted by molar-refractivity contribution is 0.796. The van der Waals surface area contributed by atoms with Gasteiger partial charge in [0.2, 0.25) is 0 Å². The topological polar surface area (TPSA) is 17.3 Å². The quantitative estimate of drug-likeness (QED) is 0.699. The molecular weight excluding hydrogens is 160 g/mol. The van der Waals surface area contributed by atoms with Gasteiger partial charge in [0.05, 0.1) is 18.0 Å². The molecule has 0 fully saturated rings. The molecule has 0 bridgehead atoms. The summed E-state index contributed by atoms with van der Waals surface area (Å²) in [6, 6.07) is 4.27. The van der Waals surface area contributed by atoms with E-state index in [-0.39, 0.29) is 0 Å². The maximum Gasteiger partial charge on any atom is 0.0992 e. The molecule has 0 unspecified atom stereocenters. The molecule has 13 heavy (non-hydrogen) atoms. The van der Waals surface area contributed by atoms with Gasteiger partial charge in [0.25, 0.3) is 0 Å². The summed E-state index contributed by atoms with van der Waals surface area (Å²) in [4.78, 5) is 4.13. The van der Waals surface area contributed by atoms with Crippen LogP contribution in [0.5, 0.6) is 0 Å². The summed E-state index contributed by atoms with van der Waals surface area (Å²) in [6.07, 6.45) is 9.49. The van der Waals surface area contributed by atoms with E-state index in [1.54, 1.807) is 0 Å². The largest absolute Gasteiger partial charge is 0.306 e. The van der Waals surface area contributed by atoms with E-state index in [1.165, 1.54) is 23.9 Å². The Balaban J connectivity index is 2.37. The van der Waals surface area contributed by atoms with Crippen LogP contribution in [0.4, 0.5) is 0 Å². The van der Waals surface area contributed by atoms with E-state index in [4.69, 9.17) is 0 Å². The summed E-state index contributed by atoms with van der Waals surface area (Å²) >= 11 is 0. The van der Waals surface area contributed by atoms with Crippen LogP contribution in [0, 0.1) is 0 Å². The molecule has 2 aromatic rings. The van der Waals surface area contributed by atoms with Crippen molar-refractivity contribution in [3.8, 4) is 0 Å². The molecule has 0 aromatic carbocycles. The van der Waals surface area contributed by atoms with E-state index >= 15 is 0 Å². The SMILES string of the molecule is CCCCc1cccn2cncc12. The number of fused-ring (bicyclic) bond motifs is 1. The van der Waals surface area contributed by atoms with Crippen LogP contribution >= 0.6 is 0 Å². The minimum absolute atomic E-state index is 1.16. The maximum absolute atomic E-state index is 4.13. The first-order valence-electron chi connectivity index (χ1n) is 4.81. The molecule has 0 saturated carbocycles. The molecule has 2 nitrogen and oxygen atoms in total. The van der Waals surface area contributed by atoms with Crippen molar-refractivity contribution < 1.29 is 0 Å². The van der Waals surface area contributed by atoms with Gasteiger partial charge in [0.1, 0.15) is 0 Å². The third kappa shape index (κ3) is 1.57. The summed E-state index contributed by atoms with van der Waals surface area (Å²) in [6.45, 7) is 2.22. The Hall–Kier alpha value is -1.31. The molecule has 0 amide bonds. The fourth-order valence-corrected chi connectivity index (χ4v) is 1.59. The molecule has 0 aliphatic carbocycles. The van der Waals surface area contributed by atoms with Crippen molar-refractivity contribution in [2.75, 3.05) is 0 Å². The number of imidazole rings is 1. The minimum Gasteiger partial charge on any atom is -0.306 e. The molecule has 2 aromatic heterocycles. The second kappa shape index (κ2) is 3.60. The first kappa shape index (κ1) is 8.30. The standard InChI is InChI=1S/C11H14N2/c1-2-3-5-10-6-4-7-13-9-12-8-11(10)13/h4,6-9H,2-3,5H2,1H3. The van der Waals surface area contributed by atoms with Crippen LogP contribution in [-0.2, 0) is 6.42 Å². The molecule has 0 radical (unpaired) electrons. The van der Waals surface area contributed by atoms with Crippen molar-refractivity contribution in [1.82, 2.24) is 9.38 Å². The molecule has 2 heterocycles. The lowest BCUT2D eigenvalue weighted by Crippen LogP contribution is -1.89. The number of aromatic nitrogens is 2. The van der Waals surface area contributed by atoms with Gasteiger partial charge in [-0.3, -0.25) is 0 Å². The van der Waals surface area contributed by atoms with Crippen LogP contribution in [0.3, 0.4) is 0 Å². The van der Waals surface area contributed by atoms with Crippen LogP contribution < -0.4 is 0 Å². The van der Waals surface area contributed by atoms with Crippen molar-refractivity contribution in [3.05, 3.63) is 36.4 Å². The van der Waals surface area contributed by atoms with Crippen LogP contribution in [0.15, 0.2) is 30.9 Å². The minimum atomic E-state index is 1.16. The zero-order valence-corrected chi connectivity index (χ0v) is 7.90. The van der Waals surface area contributed by atoms with Crippen LogP contribution in [0.25, 0.3) is 5.52 Å². The van der Waals surface area contributed by atoms with E-state index in [0.717, 1.165) is 6.42 Å². The third-order valence-corrected chi connectivity index (χ3v) is 2.34. The second-order valence-electron chi connectivity index (χ2n) is 3.32. The van der Waals surface area contributed by atoms with Crippen LogP contribution in [0.2, 0.25) is 0 Å². The van der Waals surface area contributed by atoms with Crippen LogP contribution in [-0.4, -0.2) is 9.38 Å². The van der Waals surface area contributed by atoms with Gasteiger partial charge in [-0.2, -0.15) is 0 Å². The Morgan fingerprint density at radius 3 is 3.23 bits per heavy atom. The molecule has 0 atom stereocenters. The highest BCUT2D eigenvalue weighted by Gasteiger charge is 1.99. The average Bonchev–Trinajstić information content (AvgIpc) is 2.62. The van der Waals surface area contributed by atoms with Gasteiger partial charge in [-0.05, 0) is 24.5 Å². The van der Waals surface area contributed by atoms with Crippen molar-refractivity contribution in [2.24, 2.45) is 0 Å². The van der Waals surface area contributed by atoms with Crippen LogP contribution in [0.1, 0.15) is 25.3 Å². The third-order valence-electron chi connectivity index (χ3n) is 2.34. The summed E-state index contributed by atoms with van der Waals surface area (Å²) in [5.41, 5.74) is 2.65. The molecule has 68 valence electrons. The number of nitrogens with zero attached hydrogens (tertiary/aromatic N) is 2. The Morgan fingerprint density at radius 2 is 2.38 bits per heavy atom. The number of rotatable bonds is 3. The van der Waals surface area contributed by atoms with E-state index in [1.807, 2.05) is 18.7 Å². The number of aryl methyl sites for hydroxylation is 1. The highest BCUT2D eigenvalue weighted by Crippen LogP contribution is 2.12. The Morgan fingerprint density at radius 1 is 1.46 bits per heavy atom. The molecule has 0 saturated heterocycles. The van der Waals surface area contributed by atoms with Crippen molar-refractivity contribution >= 4 is 5.52 Å². The number of unbranched alkanes of at least 4 members (excludes halogenated alkanes) is 1. The van der Waals surface area contributed by atoms with E-state index < -0.39 is 0 Å². The highest BCUT2D eigenvalue weighted by molar-refractivity contribution is 5.52. The number of hydrogen-bond acceptors (Lipinski definition) is 1. The lowest BCUT2D eigenvalue weighted by Gasteiger charge is -2.01. The van der Waals surface area contributed by atoms with Crippen molar-refractivity contribution in [1.29, 1.82) is 0 Å². The fourth-order valence-electron chi connectivity index (χ4n) is 1.59. The summed E-state index contributed by atoms with van der Waals surface area (Å²) in [7, 11) is 0. The number of pyridine rings is 1. The lowest BCUT2D eigenvalue weighted by atomic mass is 10.1. The van der Waals surface area contributed by atoms with E-state index in [2.05, 4.69) is 28.4 Å². The Bertz CT molecular complexity index is 390. The molecule has 0 spiro atoms. The zero-order valence-electron chi connectivity index (χ0n) is 7.90. The van der Waals surface area contributed by atoms with Gasteiger partial charge in [0, 0.05) is 6.20 Å². The predicted molar refractivity (Wildman–Crippen MR) is 53.8 cm³/mol. The van der Waals surface area contributed by atoms with Gasteiger partial charge >= 0.3 is 0 Å². The zero-order chi connectivity index (χ0) is 9.10. The first-order valence-corrected chi connectivity index (χ1v) is 4.81. The van der Waals surface area contributed by atoms with E-state index in [9.17, 15) is 0 Å². The first-order chi connectivity index (χ1) is 6.42. The molecule has 0 aliphatic rings. The monoisotopic (exact) mass is 174 g/mol. The molecule has 0 aliphatic heterocycles. The molecular formula is C11H14N2. The second-order valence-corrected chi connectivity index (χ2v) is 3.32. The molecule has 2 heteroatoms. The normalized spacial score (nSPS) is 10.8. The van der Waals surface area contributed by atoms with Gasteiger partial charge in [-0.25, -0.2) is 4.98 Å². The van der Waals surface area contributed by atoms with Crippen molar-refractivity contribution in [3.63, 3.8) is 0 Å². The summed E-state index contributed by atoms with van der Waals surface area (Å²) in [5, 5.41) is 0. The van der Waals surface area contributed by atoms with Gasteiger partial charge < -0.3 is 4.40 Å². The smallest absolute Gasteiger partial charge is 0.0992 e. The summed E-state index contributed by atoms with van der Waals surface area (Å²) < 4.78 is 2.07. The van der Waals surface area contributed by atoms with Gasteiger partial charge in [0.15, 0.2) is 0 Å². The molecule has 0 N–H and O–H groups in total. The average molecular weight is 174 g/mol. The van der Waals surface area contributed by atoms with Gasteiger partial charge in [-0.1, -0.05) is 19.4 Å². The van der Waals surface area contributed by atoms with E-state index in [0.29, 0.717) is 0 Å². The van der Waals surface area contributed by atoms with Crippen molar-refractivity contribution in [2.45, 2.75) is 26.2 Å².